The van der Waals surface area contributed by atoms with Crippen LogP contribution < -0.4 is 0 Å². The van der Waals surface area contributed by atoms with Gasteiger partial charge in [0.1, 0.15) is 6.26 Å². The topological polar surface area (TPSA) is 101 Å². The summed E-state index contributed by atoms with van der Waals surface area (Å²) in [6.45, 7) is 1.45. The van der Waals surface area contributed by atoms with E-state index in [0.717, 1.165) is 6.26 Å². The van der Waals surface area contributed by atoms with Crippen LogP contribution in [0.1, 0.15) is 26.3 Å². The summed E-state index contributed by atoms with van der Waals surface area (Å²) in [4.78, 5) is 22.0. The Labute approximate surface area is 89.4 Å². The van der Waals surface area contributed by atoms with Crippen molar-refractivity contribution in [2.75, 3.05) is 0 Å². The van der Waals surface area contributed by atoms with E-state index >= 15 is 0 Å². The highest BCUT2D eigenvalue weighted by atomic mass is 16.4. The predicted molar refractivity (Wildman–Crippen MR) is 51.8 cm³/mol. The molecule has 82 valence electrons. The molecule has 0 amide bonds. The van der Waals surface area contributed by atoms with Crippen molar-refractivity contribution in [3.63, 3.8) is 0 Å². The maximum Gasteiger partial charge on any atom is 0.336 e. The number of aromatic carboxylic acids is 2. The zero-order chi connectivity index (χ0) is 11.9. The molecule has 2 rings (SSSR count). The zero-order valence-corrected chi connectivity index (χ0v) is 8.22. The Bertz CT molecular complexity index is 509. The first-order chi connectivity index (χ1) is 7.54. The Morgan fingerprint density at radius 3 is 2.31 bits per heavy atom. The number of rotatable bonds is 2. The lowest BCUT2D eigenvalue weighted by Gasteiger charge is -1.97. The summed E-state index contributed by atoms with van der Waals surface area (Å²) in [7, 11) is 0. The van der Waals surface area contributed by atoms with Crippen molar-refractivity contribution in [1.82, 2.24) is 5.16 Å². The van der Waals surface area contributed by atoms with Crippen LogP contribution in [0.4, 0.5) is 0 Å². The predicted octanol–water partition coefficient (Wildman–Crippen LogP) is 1.48. The average Bonchev–Trinajstić information content (AvgIpc) is 2.49. The standard InChI is InChI=1S/C10H7NO5/c1-4-7(9(12)13)5-2-11-16-3-6(5)8(4)10(14)15/h2-3H,1H3,(H,12,13)(H,14,15). The molecule has 0 saturated carbocycles. The van der Waals surface area contributed by atoms with Gasteiger partial charge in [-0.15, -0.1) is 0 Å². The molecule has 0 aromatic carbocycles. The number of carbonyl (C=O) groups is 2. The van der Waals surface area contributed by atoms with Crippen molar-refractivity contribution in [2.45, 2.75) is 6.92 Å². The van der Waals surface area contributed by atoms with E-state index in [4.69, 9.17) is 10.2 Å². The fourth-order valence-corrected chi connectivity index (χ4v) is 1.77. The summed E-state index contributed by atoms with van der Waals surface area (Å²) in [6, 6.07) is 0. The SMILES string of the molecule is Cc1c(C(=O)O)c2cnocc-2c1C(=O)O. The van der Waals surface area contributed by atoms with Crippen molar-refractivity contribution in [3.8, 4) is 11.1 Å². The number of nitrogens with zero attached hydrogens (tertiary/aromatic N) is 1. The molecule has 0 saturated heterocycles. The molecule has 2 N–H and O–H groups in total. The third-order valence-corrected chi connectivity index (χ3v) is 2.42. The molecule has 16 heavy (non-hydrogen) atoms. The lowest BCUT2D eigenvalue weighted by atomic mass is 10.1. The largest absolute Gasteiger partial charge is 0.478 e. The number of carboxylic acids is 2. The third-order valence-electron chi connectivity index (χ3n) is 2.42. The fraction of sp³-hybridized carbons (Fsp3) is 0.100. The number of aromatic nitrogens is 1. The maximum absolute atomic E-state index is 11.0. The number of carboxylic acid groups (broad SMARTS) is 2. The van der Waals surface area contributed by atoms with Crippen LogP contribution in [-0.4, -0.2) is 27.3 Å². The van der Waals surface area contributed by atoms with Gasteiger partial charge in [-0.3, -0.25) is 0 Å². The number of fused-ring (bicyclic) bond motifs is 1. The maximum atomic E-state index is 11.0. The van der Waals surface area contributed by atoms with Crippen LogP contribution >= 0.6 is 0 Å². The highest BCUT2D eigenvalue weighted by molar-refractivity contribution is 6.09. The molecule has 1 aliphatic heterocycles. The molecule has 6 nitrogen and oxygen atoms in total. The van der Waals surface area contributed by atoms with Gasteiger partial charge in [0.2, 0.25) is 0 Å². The van der Waals surface area contributed by atoms with Gasteiger partial charge in [-0.05, 0) is 12.5 Å². The summed E-state index contributed by atoms with van der Waals surface area (Å²) in [5.74, 6) is -2.36. The van der Waals surface area contributed by atoms with E-state index in [9.17, 15) is 9.59 Å². The van der Waals surface area contributed by atoms with Gasteiger partial charge >= 0.3 is 11.9 Å². The Morgan fingerprint density at radius 2 is 1.75 bits per heavy atom. The molecule has 1 heterocycles. The van der Waals surface area contributed by atoms with Gasteiger partial charge in [-0.1, -0.05) is 5.16 Å². The highest BCUT2D eigenvalue weighted by Crippen LogP contribution is 2.35. The van der Waals surface area contributed by atoms with Crippen molar-refractivity contribution >= 4 is 11.9 Å². The number of hydrogen-bond acceptors (Lipinski definition) is 4. The van der Waals surface area contributed by atoms with E-state index in [2.05, 4.69) is 9.68 Å². The first kappa shape index (κ1) is 10.2. The molecule has 1 aliphatic carbocycles. The minimum Gasteiger partial charge on any atom is -0.478 e. The molecule has 0 bridgehead atoms. The van der Waals surface area contributed by atoms with Gasteiger partial charge in [0.25, 0.3) is 0 Å². The lowest BCUT2D eigenvalue weighted by molar-refractivity contribution is 0.0693. The lowest BCUT2D eigenvalue weighted by Crippen LogP contribution is -2.00. The molecular formula is C10H7NO5. The quantitative estimate of drug-likeness (QED) is 0.796. The van der Waals surface area contributed by atoms with Crippen LogP contribution in [0.15, 0.2) is 17.0 Å². The second kappa shape index (κ2) is 3.34. The molecular weight excluding hydrogens is 214 g/mol. The smallest absolute Gasteiger partial charge is 0.336 e. The monoisotopic (exact) mass is 221 g/mol. The van der Waals surface area contributed by atoms with Crippen LogP contribution in [0.5, 0.6) is 0 Å². The molecule has 0 fully saturated rings. The van der Waals surface area contributed by atoms with Gasteiger partial charge in [-0.25, -0.2) is 9.59 Å². The Balaban J connectivity index is 2.88. The summed E-state index contributed by atoms with van der Waals surface area (Å²) >= 11 is 0. The van der Waals surface area contributed by atoms with Crippen LogP contribution in [0.2, 0.25) is 0 Å². The summed E-state index contributed by atoms with van der Waals surface area (Å²) in [6.07, 6.45) is 2.34. The van der Waals surface area contributed by atoms with E-state index in [0.29, 0.717) is 0 Å². The van der Waals surface area contributed by atoms with Crippen LogP contribution in [0.3, 0.4) is 0 Å². The molecule has 0 atom stereocenters. The minimum atomic E-state index is -1.18. The van der Waals surface area contributed by atoms with Gasteiger partial charge in [0, 0.05) is 11.1 Å². The van der Waals surface area contributed by atoms with E-state index < -0.39 is 11.9 Å². The first-order valence-electron chi connectivity index (χ1n) is 4.36. The fourth-order valence-electron chi connectivity index (χ4n) is 1.77. The highest BCUT2D eigenvalue weighted by Gasteiger charge is 2.29. The molecule has 0 spiro atoms. The van der Waals surface area contributed by atoms with E-state index in [1.807, 2.05) is 0 Å². The van der Waals surface area contributed by atoms with E-state index in [1.54, 1.807) is 0 Å². The summed E-state index contributed by atoms with van der Waals surface area (Å²) in [5.41, 5.74) is 0.624. The summed E-state index contributed by atoms with van der Waals surface area (Å²) in [5, 5.41) is 21.4. The Morgan fingerprint density at radius 1 is 1.19 bits per heavy atom. The van der Waals surface area contributed by atoms with Crippen LogP contribution in [0.25, 0.3) is 11.1 Å². The Kier molecular flexibility index (Phi) is 2.12. The van der Waals surface area contributed by atoms with Gasteiger partial charge in [-0.2, -0.15) is 0 Å². The molecule has 0 aromatic heterocycles. The normalized spacial score (nSPS) is 10.6. The van der Waals surface area contributed by atoms with Gasteiger partial charge < -0.3 is 14.7 Å². The van der Waals surface area contributed by atoms with E-state index in [1.165, 1.54) is 13.1 Å². The second-order valence-electron chi connectivity index (χ2n) is 3.27. The number of hydrogen-bond donors (Lipinski definition) is 2. The molecule has 0 unspecified atom stereocenters. The van der Waals surface area contributed by atoms with Crippen LogP contribution in [-0.2, 0) is 0 Å². The van der Waals surface area contributed by atoms with Crippen LogP contribution in [0, 0.1) is 6.92 Å². The second-order valence-corrected chi connectivity index (χ2v) is 3.27. The molecule has 0 radical (unpaired) electrons. The molecule has 6 heteroatoms. The summed E-state index contributed by atoms with van der Waals surface area (Å²) < 4.78 is 4.62. The van der Waals surface area contributed by atoms with Crippen molar-refractivity contribution in [1.29, 1.82) is 0 Å². The minimum absolute atomic E-state index is 0.0456. The average molecular weight is 221 g/mol. The van der Waals surface area contributed by atoms with E-state index in [-0.39, 0.29) is 27.8 Å². The van der Waals surface area contributed by atoms with Gasteiger partial charge in [0.15, 0.2) is 0 Å². The van der Waals surface area contributed by atoms with Crippen molar-refractivity contribution in [2.24, 2.45) is 0 Å². The van der Waals surface area contributed by atoms with Crippen molar-refractivity contribution in [3.05, 3.63) is 29.2 Å². The molecule has 0 aromatic rings. The van der Waals surface area contributed by atoms with Gasteiger partial charge in [0.05, 0.1) is 17.3 Å². The molecule has 2 aliphatic rings. The van der Waals surface area contributed by atoms with Crippen molar-refractivity contribution < 1.29 is 24.3 Å². The zero-order valence-electron chi connectivity index (χ0n) is 8.22. The first-order valence-corrected chi connectivity index (χ1v) is 4.36. The third kappa shape index (κ3) is 1.23. The Hall–Kier alpha value is -2.37.